The van der Waals surface area contributed by atoms with Crippen LogP contribution in [0.1, 0.15) is 103 Å². The Labute approximate surface area is 139 Å². The first-order chi connectivity index (χ1) is 10.9. The fourth-order valence-corrected chi connectivity index (χ4v) is 2.70. The molecule has 0 aliphatic rings. The van der Waals surface area contributed by atoms with Gasteiger partial charge >= 0.3 is 0 Å². The van der Waals surface area contributed by atoms with E-state index in [-0.39, 0.29) is 6.61 Å². The zero-order chi connectivity index (χ0) is 16.1. The van der Waals surface area contributed by atoms with Crippen LogP contribution in [0, 0.1) is 0 Å². The van der Waals surface area contributed by atoms with Crippen LogP contribution < -0.4 is 0 Å². The quantitative estimate of drug-likeness (QED) is 0.227. The van der Waals surface area contributed by atoms with E-state index < -0.39 is 0 Å². The monoisotopic (exact) mass is 308 g/mol. The summed E-state index contributed by atoms with van der Waals surface area (Å²) in [6.07, 6.45) is 28.8. The molecule has 0 unspecified atom stereocenters. The van der Waals surface area contributed by atoms with E-state index >= 15 is 0 Å². The highest BCUT2D eigenvalue weighted by Gasteiger charge is 1.93. The SMILES string of the molecule is CCCCCCCCCCCCCCCC=CC=CCCO. The van der Waals surface area contributed by atoms with Crippen molar-refractivity contribution in [1.82, 2.24) is 0 Å². The Hall–Kier alpha value is -0.560. The lowest BCUT2D eigenvalue weighted by molar-refractivity contribution is 0.302. The summed E-state index contributed by atoms with van der Waals surface area (Å²) in [4.78, 5) is 0. The average molecular weight is 309 g/mol. The molecule has 0 atom stereocenters. The van der Waals surface area contributed by atoms with Crippen molar-refractivity contribution in [2.45, 2.75) is 103 Å². The maximum atomic E-state index is 8.63. The molecule has 130 valence electrons. The topological polar surface area (TPSA) is 20.2 Å². The lowest BCUT2D eigenvalue weighted by Crippen LogP contribution is -1.82. The Morgan fingerprint density at radius 1 is 0.545 bits per heavy atom. The van der Waals surface area contributed by atoms with E-state index in [1.807, 2.05) is 12.2 Å². The van der Waals surface area contributed by atoms with Gasteiger partial charge in [-0.1, -0.05) is 108 Å². The molecule has 22 heavy (non-hydrogen) atoms. The second-order valence-electron chi connectivity index (χ2n) is 6.40. The van der Waals surface area contributed by atoms with Crippen molar-refractivity contribution in [3.8, 4) is 0 Å². The predicted octanol–water partition coefficient (Wildman–Crippen LogP) is 6.96. The Morgan fingerprint density at radius 2 is 0.955 bits per heavy atom. The molecule has 0 saturated heterocycles. The van der Waals surface area contributed by atoms with Crippen LogP contribution in [0.5, 0.6) is 0 Å². The standard InChI is InChI=1S/C21H40O/c1-2-3-4-5-6-7-8-9-10-11-12-13-14-15-16-17-18-19-20-21-22/h16-19,22H,2-15,20-21H2,1H3. The summed E-state index contributed by atoms with van der Waals surface area (Å²) in [5, 5.41) is 8.63. The average Bonchev–Trinajstić information content (AvgIpc) is 2.54. The molecule has 0 aliphatic heterocycles. The molecule has 0 spiro atoms. The van der Waals surface area contributed by atoms with Crippen molar-refractivity contribution in [2.24, 2.45) is 0 Å². The van der Waals surface area contributed by atoms with E-state index in [1.54, 1.807) is 0 Å². The fraction of sp³-hybridized carbons (Fsp3) is 0.810. The third kappa shape index (κ3) is 19.4. The number of aliphatic hydroxyl groups is 1. The van der Waals surface area contributed by atoms with Crippen molar-refractivity contribution in [1.29, 1.82) is 0 Å². The summed E-state index contributed by atoms with van der Waals surface area (Å²) < 4.78 is 0. The van der Waals surface area contributed by atoms with Gasteiger partial charge in [-0.05, 0) is 19.3 Å². The summed E-state index contributed by atoms with van der Waals surface area (Å²) >= 11 is 0. The molecule has 0 saturated carbocycles. The molecule has 0 bridgehead atoms. The third-order valence-corrected chi connectivity index (χ3v) is 4.15. The zero-order valence-corrected chi connectivity index (χ0v) is 15.1. The first-order valence-corrected chi connectivity index (χ1v) is 9.84. The van der Waals surface area contributed by atoms with E-state index in [2.05, 4.69) is 19.1 Å². The van der Waals surface area contributed by atoms with Crippen molar-refractivity contribution in [3.05, 3.63) is 24.3 Å². The van der Waals surface area contributed by atoms with Gasteiger partial charge in [-0.25, -0.2) is 0 Å². The molecule has 0 heterocycles. The molecule has 1 N–H and O–H groups in total. The van der Waals surface area contributed by atoms with E-state index in [4.69, 9.17) is 5.11 Å². The van der Waals surface area contributed by atoms with Gasteiger partial charge in [0.1, 0.15) is 0 Å². The van der Waals surface area contributed by atoms with Crippen LogP contribution >= 0.6 is 0 Å². The molecule has 1 heteroatoms. The summed E-state index contributed by atoms with van der Waals surface area (Å²) in [5.41, 5.74) is 0. The molecular formula is C21H40O. The molecule has 0 aromatic heterocycles. The second-order valence-corrected chi connectivity index (χ2v) is 6.40. The van der Waals surface area contributed by atoms with E-state index in [1.165, 1.54) is 89.9 Å². The van der Waals surface area contributed by atoms with Gasteiger partial charge in [0.05, 0.1) is 0 Å². The first-order valence-electron chi connectivity index (χ1n) is 9.84. The summed E-state index contributed by atoms with van der Waals surface area (Å²) in [6, 6.07) is 0. The molecule has 0 aromatic rings. The largest absolute Gasteiger partial charge is 0.396 e. The number of aliphatic hydroxyl groups excluding tert-OH is 1. The Morgan fingerprint density at radius 3 is 1.41 bits per heavy atom. The minimum atomic E-state index is 0.253. The van der Waals surface area contributed by atoms with Crippen LogP contribution in [0.25, 0.3) is 0 Å². The van der Waals surface area contributed by atoms with Crippen LogP contribution in [0.15, 0.2) is 24.3 Å². The van der Waals surface area contributed by atoms with Crippen LogP contribution in [0.3, 0.4) is 0 Å². The molecule has 0 amide bonds. The van der Waals surface area contributed by atoms with Crippen molar-refractivity contribution in [2.75, 3.05) is 6.61 Å². The number of unbranched alkanes of at least 4 members (excludes halogenated alkanes) is 13. The minimum absolute atomic E-state index is 0.253. The van der Waals surface area contributed by atoms with Crippen LogP contribution in [0.2, 0.25) is 0 Å². The molecule has 0 aliphatic carbocycles. The molecule has 0 rings (SSSR count). The van der Waals surface area contributed by atoms with E-state index in [0.717, 1.165) is 6.42 Å². The maximum absolute atomic E-state index is 8.63. The van der Waals surface area contributed by atoms with Crippen molar-refractivity contribution in [3.63, 3.8) is 0 Å². The van der Waals surface area contributed by atoms with Gasteiger partial charge in [-0.15, -0.1) is 0 Å². The minimum Gasteiger partial charge on any atom is -0.396 e. The highest BCUT2D eigenvalue weighted by molar-refractivity contribution is 5.02. The Kier molecular flexibility index (Phi) is 19.9. The van der Waals surface area contributed by atoms with Crippen molar-refractivity contribution >= 4 is 0 Å². The van der Waals surface area contributed by atoms with Crippen LogP contribution in [-0.2, 0) is 0 Å². The Bertz CT molecular complexity index is 242. The normalized spacial score (nSPS) is 11.9. The van der Waals surface area contributed by atoms with E-state index in [9.17, 15) is 0 Å². The summed E-state index contributed by atoms with van der Waals surface area (Å²) in [7, 11) is 0. The van der Waals surface area contributed by atoms with Crippen molar-refractivity contribution < 1.29 is 5.11 Å². The van der Waals surface area contributed by atoms with Gasteiger partial charge in [-0.2, -0.15) is 0 Å². The number of hydrogen-bond acceptors (Lipinski definition) is 1. The highest BCUT2D eigenvalue weighted by atomic mass is 16.2. The van der Waals surface area contributed by atoms with Gasteiger partial charge in [0.15, 0.2) is 0 Å². The Balaban J connectivity index is 3.05. The van der Waals surface area contributed by atoms with Gasteiger partial charge in [-0.3, -0.25) is 0 Å². The molecule has 0 fully saturated rings. The van der Waals surface area contributed by atoms with Crippen LogP contribution in [-0.4, -0.2) is 11.7 Å². The smallest absolute Gasteiger partial charge is 0.0465 e. The number of rotatable bonds is 17. The predicted molar refractivity (Wildman–Crippen MR) is 100 cm³/mol. The zero-order valence-electron chi connectivity index (χ0n) is 15.1. The molecule has 0 aromatic carbocycles. The lowest BCUT2D eigenvalue weighted by atomic mass is 10.0. The number of hydrogen-bond donors (Lipinski definition) is 1. The van der Waals surface area contributed by atoms with E-state index in [0.29, 0.717) is 0 Å². The van der Waals surface area contributed by atoms with Crippen LogP contribution in [0.4, 0.5) is 0 Å². The summed E-state index contributed by atoms with van der Waals surface area (Å²) in [6.45, 7) is 2.54. The summed E-state index contributed by atoms with van der Waals surface area (Å²) in [5.74, 6) is 0. The molecule has 1 nitrogen and oxygen atoms in total. The fourth-order valence-electron chi connectivity index (χ4n) is 2.70. The van der Waals surface area contributed by atoms with Gasteiger partial charge in [0, 0.05) is 6.61 Å². The lowest BCUT2D eigenvalue weighted by Gasteiger charge is -2.02. The second kappa shape index (κ2) is 20.4. The van der Waals surface area contributed by atoms with Gasteiger partial charge in [0.25, 0.3) is 0 Å². The third-order valence-electron chi connectivity index (χ3n) is 4.15. The first kappa shape index (κ1) is 21.4. The molecular weight excluding hydrogens is 268 g/mol. The van der Waals surface area contributed by atoms with Gasteiger partial charge < -0.3 is 5.11 Å². The highest BCUT2D eigenvalue weighted by Crippen LogP contribution is 2.12. The number of allylic oxidation sites excluding steroid dienone is 3. The maximum Gasteiger partial charge on any atom is 0.0465 e. The van der Waals surface area contributed by atoms with Gasteiger partial charge in [0.2, 0.25) is 0 Å². The molecule has 0 radical (unpaired) electrons.